The molecule has 10 heteroatoms. The summed E-state index contributed by atoms with van der Waals surface area (Å²) in [6, 6.07) is 11.2. The average molecular weight is 540 g/mol. The van der Waals surface area contributed by atoms with E-state index in [1.54, 1.807) is 11.0 Å². The molecule has 10 nitrogen and oxygen atoms in total. The fraction of sp³-hybridized carbons (Fsp3) is 0.483. The molecule has 2 heterocycles. The van der Waals surface area contributed by atoms with E-state index in [1.165, 1.54) is 0 Å². The molecule has 2 aliphatic rings. The average Bonchev–Trinajstić information content (AvgIpc) is 3.35. The van der Waals surface area contributed by atoms with Crippen LogP contribution in [0.25, 0.3) is 0 Å². The van der Waals surface area contributed by atoms with Crippen LogP contribution in [0.4, 0.5) is 17.1 Å². The Morgan fingerprint density at radius 3 is 2.44 bits per heavy atom. The van der Waals surface area contributed by atoms with Crippen LogP contribution >= 0.6 is 0 Å². The minimum atomic E-state index is -0.633. The molecular weight excluding hydrogens is 502 g/mol. The number of ether oxygens (including phenoxy) is 4. The van der Waals surface area contributed by atoms with Gasteiger partial charge in [0.2, 0.25) is 5.91 Å². The first kappa shape index (κ1) is 28.2. The maximum Gasteiger partial charge on any atom is 0.311 e. The van der Waals surface area contributed by atoms with Crippen LogP contribution in [0, 0.1) is 5.92 Å². The van der Waals surface area contributed by atoms with Crippen LogP contribution in [0.5, 0.6) is 11.5 Å². The molecule has 2 aromatic rings. The fourth-order valence-electron chi connectivity index (χ4n) is 4.86. The van der Waals surface area contributed by atoms with Crippen molar-refractivity contribution in [3.8, 4) is 11.5 Å². The largest absolute Gasteiger partial charge is 0.492 e. The molecule has 4 rings (SSSR count). The van der Waals surface area contributed by atoms with Crippen molar-refractivity contribution in [2.45, 2.75) is 33.6 Å². The highest BCUT2D eigenvalue weighted by Gasteiger charge is 2.37. The topological polar surface area (TPSA) is 107 Å². The monoisotopic (exact) mass is 539 g/mol. The van der Waals surface area contributed by atoms with Crippen LogP contribution < -0.4 is 24.6 Å². The summed E-state index contributed by atoms with van der Waals surface area (Å²) in [6.45, 7) is 9.07. The van der Waals surface area contributed by atoms with Crippen molar-refractivity contribution in [1.82, 2.24) is 0 Å². The van der Waals surface area contributed by atoms with Crippen LogP contribution in [-0.4, -0.2) is 70.5 Å². The number of nitrogens with one attached hydrogen (secondary N) is 1. The van der Waals surface area contributed by atoms with Gasteiger partial charge in [-0.15, -0.1) is 0 Å². The molecule has 0 radical (unpaired) electrons. The summed E-state index contributed by atoms with van der Waals surface area (Å²) in [4.78, 5) is 42.0. The number of amides is 2. The number of hydrogen-bond acceptors (Lipinski definition) is 8. The highest BCUT2D eigenvalue weighted by molar-refractivity contribution is 6.00. The van der Waals surface area contributed by atoms with Gasteiger partial charge in [0.15, 0.2) is 6.61 Å². The molecule has 2 aliphatic heterocycles. The maximum atomic E-state index is 12.8. The molecule has 0 spiro atoms. The molecular formula is C29H37N3O7. The molecule has 1 atom stereocenters. The van der Waals surface area contributed by atoms with Gasteiger partial charge < -0.3 is 34.1 Å². The number of aryl methyl sites for hydroxylation is 1. The molecule has 2 saturated heterocycles. The van der Waals surface area contributed by atoms with Gasteiger partial charge in [0, 0.05) is 43.9 Å². The number of hydrogen-bond donors (Lipinski definition) is 1. The zero-order valence-corrected chi connectivity index (χ0v) is 22.9. The predicted molar refractivity (Wildman–Crippen MR) is 148 cm³/mol. The molecule has 1 unspecified atom stereocenters. The minimum Gasteiger partial charge on any atom is -0.492 e. The van der Waals surface area contributed by atoms with E-state index < -0.39 is 24.4 Å². The lowest BCUT2D eigenvalue weighted by atomic mass is 10.1. The third-order valence-electron chi connectivity index (χ3n) is 6.75. The Labute approximate surface area is 229 Å². The van der Waals surface area contributed by atoms with E-state index in [0.29, 0.717) is 43.6 Å². The number of rotatable bonds is 11. The normalized spacial score (nSPS) is 17.2. The van der Waals surface area contributed by atoms with Crippen LogP contribution in [-0.2, 0) is 30.3 Å². The molecule has 2 amide bonds. The van der Waals surface area contributed by atoms with E-state index in [-0.39, 0.29) is 18.9 Å². The zero-order valence-electron chi connectivity index (χ0n) is 22.9. The van der Waals surface area contributed by atoms with E-state index in [0.717, 1.165) is 36.4 Å². The first-order valence-corrected chi connectivity index (χ1v) is 13.6. The number of carbonyl (C=O) groups excluding carboxylic acids is 3. The second-order valence-electron chi connectivity index (χ2n) is 9.33. The summed E-state index contributed by atoms with van der Waals surface area (Å²) in [7, 11) is 0. The molecule has 0 aliphatic carbocycles. The Balaban J connectivity index is 1.40. The molecule has 0 aromatic heterocycles. The van der Waals surface area contributed by atoms with Gasteiger partial charge >= 0.3 is 5.97 Å². The standard InChI is InChI=1S/C29H37N3O7/c1-4-20-9-7-8-10-23(20)32-18-21(15-28(32)34)29(35)39-19-27(33)30-22-16-26(38-6-3)24(17-25(22)37-5-2)31-11-13-36-14-12-31/h7-10,16-17,21H,4-6,11-15,18-19H2,1-3H3,(H,30,33). The molecule has 210 valence electrons. The van der Waals surface area contributed by atoms with Gasteiger partial charge in [0.05, 0.1) is 43.7 Å². The van der Waals surface area contributed by atoms with Gasteiger partial charge in [-0.1, -0.05) is 25.1 Å². The second-order valence-corrected chi connectivity index (χ2v) is 9.33. The number of morpholine rings is 1. The summed E-state index contributed by atoms with van der Waals surface area (Å²) in [5.41, 5.74) is 3.15. The van der Waals surface area contributed by atoms with Crippen molar-refractivity contribution >= 4 is 34.8 Å². The van der Waals surface area contributed by atoms with Crippen LogP contribution in [0.2, 0.25) is 0 Å². The second kappa shape index (κ2) is 13.3. The van der Waals surface area contributed by atoms with Crippen molar-refractivity contribution in [2.24, 2.45) is 5.92 Å². The Bertz CT molecular complexity index is 1180. The highest BCUT2D eigenvalue weighted by Crippen LogP contribution is 2.39. The molecule has 0 saturated carbocycles. The Morgan fingerprint density at radius 2 is 1.72 bits per heavy atom. The summed E-state index contributed by atoms with van der Waals surface area (Å²) >= 11 is 0. The third kappa shape index (κ3) is 6.81. The molecule has 2 fully saturated rings. The Hall–Kier alpha value is -3.79. The van der Waals surface area contributed by atoms with Gasteiger partial charge in [-0.2, -0.15) is 0 Å². The maximum absolute atomic E-state index is 12.8. The number of nitrogens with zero attached hydrogens (tertiary/aromatic N) is 2. The van der Waals surface area contributed by atoms with E-state index in [4.69, 9.17) is 18.9 Å². The Morgan fingerprint density at radius 1 is 1.00 bits per heavy atom. The quantitative estimate of drug-likeness (QED) is 0.433. The molecule has 1 N–H and O–H groups in total. The van der Waals surface area contributed by atoms with Crippen LogP contribution in [0.3, 0.4) is 0 Å². The number of benzene rings is 2. The predicted octanol–water partition coefficient (Wildman–Crippen LogP) is 3.42. The minimum absolute atomic E-state index is 0.0493. The molecule has 0 bridgehead atoms. The van der Waals surface area contributed by atoms with Gasteiger partial charge in [-0.05, 0) is 31.9 Å². The third-order valence-corrected chi connectivity index (χ3v) is 6.75. The van der Waals surface area contributed by atoms with Gasteiger partial charge in [0.25, 0.3) is 5.91 Å². The SMILES string of the molecule is CCOc1cc(N2CCOCC2)c(OCC)cc1NC(=O)COC(=O)C1CC(=O)N(c2ccccc2CC)C1. The number of para-hydroxylation sites is 1. The summed E-state index contributed by atoms with van der Waals surface area (Å²) in [5, 5.41) is 2.79. The number of carbonyl (C=O) groups is 3. The van der Waals surface area contributed by atoms with Crippen molar-refractivity contribution in [2.75, 3.05) is 67.8 Å². The number of anilines is 3. The van der Waals surface area contributed by atoms with Crippen LogP contribution in [0.1, 0.15) is 32.8 Å². The summed E-state index contributed by atoms with van der Waals surface area (Å²) < 4.78 is 22.5. The van der Waals surface area contributed by atoms with E-state index in [9.17, 15) is 14.4 Å². The van der Waals surface area contributed by atoms with Crippen molar-refractivity contribution in [1.29, 1.82) is 0 Å². The zero-order chi connectivity index (χ0) is 27.8. The fourth-order valence-corrected chi connectivity index (χ4v) is 4.86. The summed E-state index contributed by atoms with van der Waals surface area (Å²) in [5.74, 6) is -0.735. The smallest absolute Gasteiger partial charge is 0.311 e. The Kier molecular flexibility index (Phi) is 9.64. The lowest BCUT2D eigenvalue weighted by molar-refractivity contribution is -0.151. The van der Waals surface area contributed by atoms with Gasteiger partial charge in [-0.25, -0.2) is 0 Å². The van der Waals surface area contributed by atoms with E-state index >= 15 is 0 Å². The van der Waals surface area contributed by atoms with Crippen LogP contribution in [0.15, 0.2) is 36.4 Å². The summed E-state index contributed by atoms with van der Waals surface area (Å²) in [6.07, 6.45) is 0.825. The highest BCUT2D eigenvalue weighted by atomic mass is 16.5. The van der Waals surface area contributed by atoms with Gasteiger partial charge in [-0.3, -0.25) is 14.4 Å². The van der Waals surface area contributed by atoms with Crippen molar-refractivity contribution in [3.05, 3.63) is 42.0 Å². The van der Waals surface area contributed by atoms with E-state index in [1.807, 2.05) is 51.1 Å². The lowest BCUT2D eigenvalue weighted by Gasteiger charge is -2.31. The van der Waals surface area contributed by atoms with Gasteiger partial charge in [0.1, 0.15) is 11.5 Å². The molecule has 39 heavy (non-hydrogen) atoms. The molecule has 2 aromatic carbocycles. The number of esters is 1. The van der Waals surface area contributed by atoms with E-state index in [2.05, 4.69) is 10.2 Å². The lowest BCUT2D eigenvalue weighted by Crippen LogP contribution is -2.36. The van der Waals surface area contributed by atoms with Crippen molar-refractivity contribution in [3.63, 3.8) is 0 Å². The first-order chi connectivity index (χ1) is 18.9. The first-order valence-electron chi connectivity index (χ1n) is 13.6. The van der Waals surface area contributed by atoms with Crippen molar-refractivity contribution < 1.29 is 33.3 Å².